The van der Waals surface area contributed by atoms with E-state index in [2.05, 4.69) is 146 Å². The van der Waals surface area contributed by atoms with Gasteiger partial charge in [-0.25, -0.2) is 9.97 Å². The fourth-order valence-corrected chi connectivity index (χ4v) is 8.83. The molecule has 4 nitrogen and oxygen atoms in total. The molecule has 248 valence electrons. The van der Waals surface area contributed by atoms with Gasteiger partial charge in [-0.3, -0.25) is 9.97 Å². The Morgan fingerprint density at radius 2 is 1.02 bits per heavy atom. The van der Waals surface area contributed by atoms with Gasteiger partial charge in [-0.05, 0) is 87.2 Å². The Morgan fingerprint density at radius 1 is 0.415 bits per heavy atom. The maximum Gasteiger partial charge on any atom is 0.0968 e. The molecule has 0 bridgehead atoms. The first-order valence-electron chi connectivity index (χ1n) is 18.3. The fourth-order valence-electron chi connectivity index (χ4n) is 8.83. The van der Waals surface area contributed by atoms with E-state index in [1.165, 1.54) is 38.9 Å². The number of hydrogen-bond donors (Lipinski definition) is 0. The molecule has 0 amide bonds. The van der Waals surface area contributed by atoms with Crippen molar-refractivity contribution in [3.05, 3.63) is 204 Å². The van der Waals surface area contributed by atoms with Crippen molar-refractivity contribution < 1.29 is 0 Å². The van der Waals surface area contributed by atoms with Gasteiger partial charge in [-0.1, -0.05) is 133 Å². The Kier molecular flexibility index (Phi) is 6.56. The molecule has 0 N–H and O–H groups in total. The lowest BCUT2D eigenvalue weighted by atomic mass is 9.69. The standard InChI is InChI=1S/C49H32N4/c1-3-11-41-39(9-1)40-10-2-4-12-42(40)49(41,44-28-24-37-20-18-35-8-6-30-51-46(35)48(37)53-44)38-25-21-32(22-26-38)31-13-15-33(16-14-31)43-27-23-36-19-17-34-7-5-29-50-45(34)47(36)52-43/h1-16,18,20-30H,17,19H2. The molecular formula is C49H32N4. The number of fused-ring (bicyclic) bond motifs is 9. The maximum absolute atomic E-state index is 5.52. The summed E-state index contributed by atoms with van der Waals surface area (Å²) in [6.07, 6.45) is 5.74. The highest BCUT2D eigenvalue weighted by atomic mass is 14.8. The van der Waals surface area contributed by atoms with Crippen molar-refractivity contribution in [2.24, 2.45) is 0 Å². The third-order valence-corrected chi connectivity index (χ3v) is 11.4. The van der Waals surface area contributed by atoms with Crippen LogP contribution in [0.1, 0.15) is 33.5 Å². The predicted octanol–water partition coefficient (Wildman–Crippen LogP) is 11.0. The van der Waals surface area contributed by atoms with Crippen LogP contribution in [0.2, 0.25) is 0 Å². The van der Waals surface area contributed by atoms with Gasteiger partial charge in [0.05, 0.1) is 39.2 Å². The molecule has 4 aromatic heterocycles. The van der Waals surface area contributed by atoms with Crippen molar-refractivity contribution in [1.82, 2.24) is 19.9 Å². The first-order chi connectivity index (χ1) is 26.3. The Hall–Kier alpha value is -6.78. The van der Waals surface area contributed by atoms with Crippen LogP contribution in [0.3, 0.4) is 0 Å². The van der Waals surface area contributed by atoms with E-state index >= 15 is 0 Å². The quantitative estimate of drug-likeness (QED) is 0.174. The molecule has 2 aliphatic carbocycles. The van der Waals surface area contributed by atoms with Crippen LogP contribution in [-0.4, -0.2) is 19.9 Å². The molecule has 9 aromatic rings. The highest BCUT2D eigenvalue weighted by Gasteiger charge is 2.47. The van der Waals surface area contributed by atoms with Crippen molar-refractivity contribution in [2.75, 3.05) is 0 Å². The molecule has 0 fully saturated rings. The molecule has 4 heterocycles. The topological polar surface area (TPSA) is 51.6 Å². The van der Waals surface area contributed by atoms with E-state index in [9.17, 15) is 0 Å². The van der Waals surface area contributed by atoms with Crippen LogP contribution < -0.4 is 0 Å². The van der Waals surface area contributed by atoms with Gasteiger partial charge >= 0.3 is 0 Å². The smallest absolute Gasteiger partial charge is 0.0968 e. The Bertz CT molecular complexity index is 2850. The zero-order valence-corrected chi connectivity index (χ0v) is 28.9. The van der Waals surface area contributed by atoms with E-state index in [4.69, 9.17) is 19.9 Å². The van der Waals surface area contributed by atoms with Crippen molar-refractivity contribution in [3.63, 3.8) is 0 Å². The van der Waals surface area contributed by atoms with E-state index < -0.39 is 5.41 Å². The summed E-state index contributed by atoms with van der Waals surface area (Å²) in [5, 5.41) is 2.17. The molecule has 0 spiro atoms. The van der Waals surface area contributed by atoms with Crippen LogP contribution in [-0.2, 0) is 18.3 Å². The lowest BCUT2D eigenvalue weighted by Crippen LogP contribution is -2.29. The number of aryl methyl sites for hydroxylation is 2. The molecular weight excluding hydrogens is 645 g/mol. The zero-order valence-electron chi connectivity index (χ0n) is 28.9. The third kappa shape index (κ3) is 4.49. The van der Waals surface area contributed by atoms with E-state index in [0.29, 0.717) is 0 Å². The van der Waals surface area contributed by atoms with E-state index in [1.54, 1.807) is 0 Å². The Morgan fingerprint density at radius 3 is 1.77 bits per heavy atom. The lowest BCUT2D eigenvalue weighted by molar-refractivity contribution is 0.740. The highest BCUT2D eigenvalue weighted by Crippen LogP contribution is 2.56. The van der Waals surface area contributed by atoms with Gasteiger partial charge in [-0.15, -0.1) is 0 Å². The molecule has 5 aromatic carbocycles. The first-order valence-corrected chi connectivity index (χ1v) is 18.3. The van der Waals surface area contributed by atoms with Gasteiger partial charge in [0.1, 0.15) is 0 Å². The number of pyridine rings is 4. The number of rotatable bonds is 4. The van der Waals surface area contributed by atoms with Crippen LogP contribution >= 0.6 is 0 Å². The zero-order chi connectivity index (χ0) is 34.9. The average Bonchev–Trinajstić information content (AvgIpc) is 3.54. The van der Waals surface area contributed by atoms with Crippen LogP contribution in [0, 0.1) is 0 Å². The molecule has 0 atom stereocenters. The van der Waals surface area contributed by atoms with Crippen molar-refractivity contribution in [1.29, 1.82) is 0 Å². The molecule has 0 radical (unpaired) electrons. The summed E-state index contributed by atoms with van der Waals surface area (Å²) in [4.78, 5) is 20.1. The molecule has 2 aliphatic rings. The predicted molar refractivity (Wildman–Crippen MR) is 214 cm³/mol. The second-order valence-electron chi connectivity index (χ2n) is 14.1. The largest absolute Gasteiger partial charge is 0.254 e. The van der Waals surface area contributed by atoms with Gasteiger partial charge in [-0.2, -0.15) is 0 Å². The molecule has 53 heavy (non-hydrogen) atoms. The van der Waals surface area contributed by atoms with E-state index in [-0.39, 0.29) is 0 Å². The summed E-state index contributed by atoms with van der Waals surface area (Å²) < 4.78 is 0. The molecule has 0 saturated carbocycles. The molecule has 11 rings (SSSR count). The third-order valence-electron chi connectivity index (χ3n) is 11.4. The molecule has 4 heteroatoms. The Labute approximate surface area is 307 Å². The van der Waals surface area contributed by atoms with Crippen LogP contribution in [0.25, 0.3) is 66.7 Å². The van der Waals surface area contributed by atoms with Crippen LogP contribution in [0.5, 0.6) is 0 Å². The number of aromatic nitrogens is 4. The molecule has 0 aliphatic heterocycles. The first kappa shape index (κ1) is 29.9. The van der Waals surface area contributed by atoms with Gasteiger partial charge in [0.2, 0.25) is 0 Å². The van der Waals surface area contributed by atoms with E-state index in [1.807, 2.05) is 24.5 Å². The van der Waals surface area contributed by atoms with Crippen molar-refractivity contribution in [3.8, 4) is 44.9 Å². The van der Waals surface area contributed by atoms with Crippen LogP contribution in [0.15, 0.2) is 170 Å². The summed E-state index contributed by atoms with van der Waals surface area (Å²) in [5.41, 5.74) is 17.4. The van der Waals surface area contributed by atoms with Gasteiger partial charge in [0.25, 0.3) is 0 Å². The minimum atomic E-state index is -0.605. The maximum atomic E-state index is 5.52. The number of hydrogen-bond acceptors (Lipinski definition) is 4. The Balaban J connectivity index is 1.02. The minimum Gasteiger partial charge on any atom is -0.254 e. The second-order valence-corrected chi connectivity index (χ2v) is 14.1. The summed E-state index contributed by atoms with van der Waals surface area (Å²) in [5.74, 6) is 0. The monoisotopic (exact) mass is 676 g/mol. The van der Waals surface area contributed by atoms with Crippen molar-refractivity contribution >= 4 is 21.8 Å². The van der Waals surface area contributed by atoms with E-state index in [0.717, 1.165) is 74.1 Å². The van der Waals surface area contributed by atoms with Gasteiger partial charge < -0.3 is 0 Å². The summed E-state index contributed by atoms with van der Waals surface area (Å²) in [7, 11) is 0. The highest BCUT2D eigenvalue weighted by molar-refractivity contribution is 6.03. The normalized spacial score (nSPS) is 13.7. The SMILES string of the molecule is c1cnc2c(c1)CCc1ccc(-c3ccc(-c4ccc(C5(c6ccc7ccc8cccnc8c7n6)c6ccccc6-c6ccccc65)cc4)cc3)nc1-2. The second kappa shape index (κ2) is 11.6. The number of nitrogens with zero attached hydrogens (tertiary/aromatic N) is 4. The van der Waals surface area contributed by atoms with Gasteiger partial charge in [0.15, 0.2) is 0 Å². The molecule has 0 unspecified atom stereocenters. The van der Waals surface area contributed by atoms with Crippen molar-refractivity contribution in [2.45, 2.75) is 18.3 Å². The molecule has 0 saturated heterocycles. The van der Waals surface area contributed by atoms with Crippen LogP contribution in [0.4, 0.5) is 0 Å². The summed E-state index contributed by atoms with van der Waals surface area (Å²) >= 11 is 0. The summed E-state index contributed by atoms with van der Waals surface area (Å²) in [6.45, 7) is 0. The number of benzene rings is 5. The fraction of sp³-hybridized carbons (Fsp3) is 0.0612. The minimum absolute atomic E-state index is 0.605. The summed E-state index contributed by atoms with van der Waals surface area (Å²) in [6, 6.07) is 56.9. The van der Waals surface area contributed by atoms with Gasteiger partial charge in [0, 0.05) is 28.7 Å². The average molecular weight is 677 g/mol. The lowest BCUT2D eigenvalue weighted by Gasteiger charge is -2.33.